The summed E-state index contributed by atoms with van der Waals surface area (Å²) in [7, 11) is 0. The molecule has 2 aromatic heterocycles. The Morgan fingerprint density at radius 3 is 2.48 bits per heavy atom. The second-order valence-electron chi connectivity index (χ2n) is 4.86. The zero-order valence-corrected chi connectivity index (χ0v) is 13.2. The van der Waals surface area contributed by atoms with E-state index in [4.69, 9.17) is 20.4 Å². The molecule has 2 heterocycles. The van der Waals surface area contributed by atoms with Gasteiger partial charge in [0.2, 0.25) is 0 Å². The van der Waals surface area contributed by atoms with Crippen molar-refractivity contribution >= 4 is 49.5 Å². The van der Waals surface area contributed by atoms with E-state index >= 15 is 0 Å². The number of para-hydroxylation sites is 1. The molecule has 0 aliphatic carbocycles. The van der Waals surface area contributed by atoms with Crippen molar-refractivity contribution in [1.82, 2.24) is 0 Å². The summed E-state index contributed by atoms with van der Waals surface area (Å²) < 4.78 is 12.0. The second kappa shape index (κ2) is 4.93. The zero-order valence-electron chi connectivity index (χ0n) is 10.8. The van der Waals surface area contributed by atoms with Crippen LogP contribution < -0.4 is 0 Å². The van der Waals surface area contributed by atoms with Gasteiger partial charge < -0.3 is 8.83 Å². The number of hydrogen-bond donors (Lipinski definition) is 0. The zero-order chi connectivity index (χ0) is 14.4. The van der Waals surface area contributed by atoms with Gasteiger partial charge in [0.05, 0.1) is 0 Å². The average molecular weight is 362 g/mol. The first-order valence-electron chi connectivity index (χ1n) is 6.53. The van der Waals surface area contributed by atoms with Gasteiger partial charge in [0.15, 0.2) is 4.67 Å². The molecule has 0 radical (unpaired) electrons. The highest BCUT2D eigenvalue weighted by Crippen LogP contribution is 2.35. The van der Waals surface area contributed by atoms with Gasteiger partial charge >= 0.3 is 0 Å². The Hall–Kier alpha value is -1.71. The third kappa shape index (κ3) is 2.17. The second-order valence-corrected chi connectivity index (χ2v) is 6.08. The van der Waals surface area contributed by atoms with Crippen LogP contribution in [0.5, 0.6) is 0 Å². The summed E-state index contributed by atoms with van der Waals surface area (Å²) in [6.45, 7) is 0. The highest BCUT2D eigenvalue weighted by Gasteiger charge is 2.16. The van der Waals surface area contributed by atoms with Gasteiger partial charge in [-0.05, 0) is 51.8 Å². The molecule has 0 bridgehead atoms. The van der Waals surface area contributed by atoms with Crippen LogP contribution in [0.4, 0.5) is 0 Å². The van der Waals surface area contributed by atoms with Crippen LogP contribution >= 0.6 is 27.5 Å². The molecule has 104 valence electrons. The Morgan fingerprint density at radius 2 is 1.67 bits per heavy atom. The number of furan rings is 2. The summed E-state index contributed by atoms with van der Waals surface area (Å²) in [5.74, 6) is 0.718. The van der Waals surface area contributed by atoms with Gasteiger partial charge in [-0.25, -0.2) is 0 Å². The topological polar surface area (TPSA) is 26.3 Å². The van der Waals surface area contributed by atoms with Gasteiger partial charge in [-0.2, -0.15) is 0 Å². The van der Waals surface area contributed by atoms with Crippen LogP contribution in [0.25, 0.3) is 21.9 Å². The molecule has 21 heavy (non-hydrogen) atoms. The summed E-state index contributed by atoms with van der Waals surface area (Å²) in [6.07, 6.45) is 0. The Labute approximate surface area is 134 Å². The van der Waals surface area contributed by atoms with Crippen LogP contribution in [0.3, 0.4) is 0 Å². The van der Waals surface area contributed by atoms with E-state index in [0.717, 1.165) is 33.3 Å². The molecule has 0 aliphatic heterocycles. The van der Waals surface area contributed by atoms with Crippen LogP contribution in [0.1, 0.15) is 16.7 Å². The van der Waals surface area contributed by atoms with Gasteiger partial charge in [-0.15, -0.1) is 11.6 Å². The fraction of sp³-hybridized carbons (Fsp3) is 0.0588. The van der Waals surface area contributed by atoms with Crippen LogP contribution in [-0.2, 0) is 0 Å². The van der Waals surface area contributed by atoms with E-state index in [9.17, 15) is 0 Å². The van der Waals surface area contributed by atoms with E-state index in [-0.39, 0.29) is 5.38 Å². The normalized spacial score (nSPS) is 13.0. The maximum atomic E-state index is 6.52. The lowest BCUT2D eigenvalue weighted by Crippen LogP contribution is -1.90. The predicted molar refractivity (Wildman–Crippen MR) is 87.8 cm³/mol. The Kier molecular flexibility index (Phi) is 3.05. The van der Waals surface area contributed by atoms with Crippen molar-refractivity contribution in [2.24, 2.45) is 0 Å². The summed E-state index contributed by atoms with van der Waals surface area (Å²) in [5, 5.41) is 1.84. The Morgan fingerprint density at radius 1 is 0.857 bits per heavy atom. The predicted octanol–water partition coefficient (Wildman–Crippen LogP) is 6.27. The van der Waals surface area contributed by atoms with Gasteiger partial charge in [0.25, 0.3) is 0 Å². The van der Waals surface area contributed by atoms with Crippen molar-refractivity contribution in [2.75, 3.05) is 0 Å². The highest BCUT2D eigenvalue weighted by molar-refractivity contribution is 9.10. The number of alkyl halides is 1. The summed E-state index contributed by atoms with van der Waals surface area (Å²) in [4.78, 5) is 0. The molecule has 0 N–H and O–H groups in total. The largest absolute Gasteiger partial charge is 0.456 e. The van der Waals surface area contributed by atoms with Crippen LogP contribution in [0.2, 0.25) is 0 Å². The van der Waals surface area contributed by atoms with Crippen molar-refractivity contribution in [3.8, 4) is 0 Å². The lowest BCUT2D eigenvalue weighted by Gasteiger charge is -2.06. The van der Waals surface area contributed by atoms with Gasteiger partial charge in [0, 0.05) is 10.8 Å². The van der Waals surface area contributed by atoms with Gasteiger partial charge in [-0.1, -0.05) is 24.3 Å². The first kappa shape index (κ1) is 13.0. The Bertz CT molecular complexity index is 938. The van der Waals surface area contributed by atoms with Crippen molar-refractivity contribution < 1.29 is 8.83 Å². The molecular weight excluding hydrogens is 352 g/mol. The van der Waals surface area contributed by atoms with Crippen molar-refractivity contribution in [3.63, 3.8) is 0 Å². The standard InChI is InChI=1S/C17H10BrClO2/c18-16-8-7-15(21-16)17(19)10-5-6-14-12(9-10)11-3-1-2-4-13(11)20-14/h1-9,17H. The molecule has 0 aliphatic rings. The van der Waals surface area contributed by atoms with E-state index in [0.29, 0.717) is 4.67 Å². The molecular formula is C17H10BrClO2. The molecule has 1 atom stereocenters. The summed E-state index contributed by atoms with van der Waals surface area (Å²) >= 11 is 9.82. The minimum Gasteiger partial charge on any atom is -0.456 e. The molecule has 0 amide bonds. The quantitative estimate of drug-likeness (QED) is 0.393. The lowest BCUT2D eigenvalue weighted by atomic mass is 10.1. The van der Waals surface area contributed by atoms with Crippen LogP contribution in [0.15, 0.2) is 68.1 Å². The third-order valence-corrected chi connectivity index (χ3v) is 4.43. The SMILES string of the molecule is ClC(c1ccc2oc3ccccc3c2c1)c1ccc(Br)o1. The molecule has 4 heteroatoms. The van der Waals surface area contributed by atoms with E-state index in [1.54, 1.807) is 0 Å². The van der Waals surface area contributed by atoms with E-state index < -0.39 is 0 Å². The van der Waals surface area contributed by atoms with Crippen molar-refractivity contribution in [1.29, 1.82) is 0 Å². The fourth-order valence-corrected chi connectivity index (χ4v) is 3.10. The highest BCUT2D eigenvalue weighted by atomic mass is 79.9. The molecule has 2 aromatic carbocycles. The smallest absolute Gasteiger partial charge is 0.169 e. The molecule has 2 nitrogen and oxygen atoms in total. The number of fused-ring (bicyclic) bond motifs is 3. The molecule has 4 rings (SSSR count). The molecule has 0 spiro atoms. The maximum absolute atomic E-state index is 6.52. The average Bonchev–Trinajstić information content (AvgIpc) is 3.09. The molecule has 0 saturated heterocycles. The molecule has 0 saturated carbocycles. The monoisotopic (exact) mass is 360 g/mol. The Balaban J connectivity index is 1.88. The van der Waals surface area contributed by atoms with Crippen molar-refractivity contribution in [2.45, 2.75) is 5.38 Å². The van der Waals surface area contributed by atoms with E-state index in [1.165, 1.54) is 0 Å². The van der Waals surface area contributed by atoms with E-state index in [2.05, 4.69) is 28.1 Å². The molecule has 0 fully saturated rings. The number of halogens is 2. The maximum Gasteiger partial charge on any atom is 0.169 e. The van der Waals surface area contributed by atoms with Crippen LogP contribution in [-0.4, -0.2) is 0 Å². The van der Waals surface area contributed by atoms with Crippen LogP contribution in [0, 0.1) is 0 Å². The first-order chi connectivity index (χ1) is 10.2. The number of hydrogen-bond acceptors (Lipinski definition) is 2. The van der Waals surface area contributed by atoms with Gasteiger partial charge in [0.1, 0.15) is 22.3 Å². The molecule has 4 aromatic rings. The minimum atomic E-state index is -0.325. The summed E-state index contributed by atoms with van der Waals surface area (Å²) in [5.41, 5.74) is 2.73. The molecule has 1 unspecified atom stereocenters. The summed E-state index contributed by atoms with van der Waals surface area (Å²) in [6, 6.07) is 17.7. The number of rotatable bonds is 2. The fourth-order valence-electron chi connectivity index (χ4n) is 2.53. The lowest BCUT2D eigenvalue weighted by molar-refractivity contribution is 0.494. The number of benzene rings is 2. The third-order valence-electron chi connectivity index (χ3n) is 3.54. The van der Waals surface area contributed by atoms with Crippen molar-refractivity contribution in [3.05, 3.63) is 70.6 Å². The van der Waals surface area contributed by atoms with E-state index in [1.807, 2.05) is 42.5 Å². The first-order valence-corrected chi connectivity index (χ1v) is 7.76. The minimum absolute atomic E-state index is 0.325. The van der Waals surface area contributed by atoms with Gasteiger partial charge in [-0.3, -0.25) is 0 Å².